The van der Waals surface area contributed by atoms with Gasteiger partial charge in [-0.1, -0.05) is 13.2 Å². The molecule has 0 radical (unpaired) electrons. The molecule has 0 fully saturated rings. The van der Waals surface area contributed by atoms with Gasteiger partial charge in [0.15, 0.2) is 11.5 Å². The number of nitrogen functional groups attached to an aromatic ring is 1. The zero-order valence-corrected chi connectivity index (χ0v) is 15.7. The van der Waals surface area contributed by atoms with Gasteiger partial charge in [-0.05, 0) is 24.6 Å². The van der Waals surface area contributed by atoms with Crippen molar-refractivity contribution < 1.29 is 23.7 Å². The Morgan fingerprint density at radius 1 is 1.28 bits per heavy atom. The van der Waals surface area contributed by atoms with E-state index in [-0.39, 0.29) is 6.61 Å². The van der Waals surface area contributed by atoms with E-state index in [1.165, 1.54) is 38.7 Å². The van der Waals surface area contributed by atoms with E-state index in [0.717, 1.165) is 0 Å². The first kappa shape index (κ1) is 20.4. The standard InChI is InChI=1S/C18H23NO5S/c1-7-13(21-4)16(23-6)14(22-5)9-11(3)12-10-25-17(19)15(12)18(20)24-8-2/h7,9-10H,1,3,8,19H2,2,4-6H3/b14-9+,16-13-. The van der Waals surface area contributed by atoms with Crippen LogP contribution in [0.25, 0.3) is 5.57 Å². The zero-order valence-electron chi connectivity index (χ0n) is 14.9. The highest BCUT2D eigenvalue weighted by Gasteiger charge is 2.21. The SMILES string of the molecule is C=C/C(OC)=C(OC)\C(=C/C(=C)c1csc(N)c1C(=O)OCC)OC. The van der Waals surface area contributed by atoms with E-state index in [2.05, 4.69) is 13.2 Å². The molecule has 0 amide bonds. The second-order valence-electron chi connectivity index (χ2n) is 4.65. The third-order valence-corrected chi connectivity index (χ3v) is 4.04. The highest BCUT2D eigenvalue weighted by Crippen LogP contribution is 2.32. The van der Waals surface area contributed by atoms with Crippen LogP contribution in [-0.2, 0) is 18.9 Å². The van der Waals surface area contributed by atoms with E-state index in [4.69, 9.17) is 24.7 Å². The number of esters is 1. The van der Waals surface area contributed by atoms with Crippen LogP contribution in [0.1, 0.15) is 22.8 Å². The Hall–Kier alpha value is -2.67. The number of carbonyl (C=O) groups is 1. The fourth-order valence-corrected chi connectivity index (χ4v) is 2.89. The van der Waals surface area contributed by atoms with E-state index < -0.39 is 5.97 Å². The molecule has 0 atom stereocenters. The molecular weight excluding hydrogens is 342 g/mol. The first-order valence-electron chi connectivity index (χ1n) is 7.39. The Labute approximate surface area is 151 Å². The molecule has 7 heteroatoms. The quantitative estimate of drug-likeness (QED) is 0.408. The molecule has 1 aromatic rings. The molecule has 0 aromatic carbocycles. The molecule has 6 nitrogen and oxygen atoms in total. The van der Waals surface area contributed by atoms with Crippen LogP contribution in [0.4, 0.5) is 5.00 Å². The monoisotopic (exact) mass is 365 g/mol. The minimum absolute atomic E-state index is 0.256. The van der Waals surface area contributed by atoms with Crippen molar-refractivity contribution in [2.45, 2.75) is 6.92 Å². The number of carbonyl (C=O) groups excluding carboxylic acids is 1. The number of methoxy groups -OCH3 is 3. The maximum absolute atomic E-state index is 12.1. The van der Waals surface area contributed by atoms with E-state index in [0.29, 0.717) is 39.0 Å². The predicted octanol–water partition coefficient (Wildman–Crippen LogP) is 3.74. The van der Waals surface area contributed by atoms with Gasteiger partial charge in [0.05, 0.1) is 27.9 Å². The van der Waals surface area contributed by atoms with Crippen LogP contribution in [0.5, 0.6) is 0 Å². The summed E-state index contributed by atoms with van der Waals surface area (Å²) < 4.78 is 21.0. The van der Waals surface area contributed by atoms with Crippen molar-refractivity contribution in [3.05, 3.63) is 59.1 Å². The number of rotatable bonds is 9. The van der Waals surface area contributed by atoms with Gasteiger partial charge < -0.3 is 24.7 Å². The smallest absolute Gasteiger partial charge is 0.341 e. The predicted molar refractivity (Wildman–Crippen MR) is 100 cm³/mol. The lowest BCUT2D eigenvalue weighted by atomic mass is 10.0. The summed E-state index contributed by atoms with van der Waals surface area (Å²) in [6.45, 7) is 9.66. The molecular formula is C18H23NO5S. The average molecular weight is 365 g/mol. The van der Waals surface area contributed by atoms with Gasteiger partial charge in [-0.3, -0.25) is 0 Å². The van der Waals surface area contributed by atoms with Crippen molar-refractivity contribution in [3.63, 3.8) is 0 Å². The van der Waals surface area contributed by atoms with Crippen LogP contribution in [0, 0.1) is 0 Å². The molecule has 2 N–H and O–H groups in total. The minimum Gasteiger partial charge on any atom is -0.493 e. The molecule has 136 valence electrons. The molecule has 25 heavy (non-hydrogen) atoms. The van der Waals surface area contributed by atoms with Gasteiger partial charge >= 0.3 is 5.97 Å². The zero-order chi connectivity index (χ0) is 19.0. The maximum Gasteiger partial charge on any atom is 0.341 e. The fourth-order valence-electron chi connectivity index (χ4n) is 2.07. The summed E-state index contributed by atoms with van der Waals surface area (Å²) in [5.74, 6) is 0.626. The maximum atomic E-state index is 12.1. The molecule has 1 heterocycles. The summed E-state index contributed by atoms with van der Waals surface area (Å²) in [5, 5.41) is 2.11. The lowest BCUT2D eigenvalue weighted by Gasteiger charge is -2.14. The second-order valence-corrected chi connectivity index (χ2v) is 5.56. The van der Waals surface area contributed by atoms with Crippen LogP contribution in [0.2, 0.25) is 0 Å². The summed E-state index contributed by atoms with van der Waals surface area (Å²) >= 11 is 1.24. The number of thiophene rings is 1. The van der Waals surface area contributed by atoms with E-state index in [1.54, 1.807) is 18.4 Å². The summed E-state index contributed by atoms with van der Waals surface area (Å²) in [5.41, 5.74) is 7.29. The van der Waals surface area contributed by atoms with Crippen molar-refractivity contribution in [1.82, 2.24) is 0 Å². The van der Waals surface area contributed by atoms with E-state index in [9.17, 15) is 4.79 Å². The molecule has 0 unspecified atom stereocenters. The Bertz CT molecular complexity index is 715. The van der Waals surface area contributed by atoms with Gasteiger partial charge in [-0.15, -0.1) is 11.3 Å². The normalized spacial score (nSPS) is 12.1. The Balaban J connectivity index is 3.35. The average Bonchev–Trinajstić information content (AvgIpc) is 2.99. The van der Waals surface area contributed by atoms with Gasteiger partial charge in [0.1, 0.15) is 10.6 Å². The highest BCUT2D eigenvalue weighted by atomic mass is 32.1. The van der Waals surface area contributed by atoms with Crippen LogP contribution in [-0.4, -0.2) is 33.9 Å². The lowest BCUT2D eigenvalue weighted by Crippen LogP contribution is -2.08. The molecule has 1 rings (SSSR count). The first-order valence-corrected chi connectivity index (χ1v) is 8.27. The highest BCUT2D eigenvalue weighted by molar-refractivity contribution is 7.14. The largest absolute Gasteiger partial charge is 0.493 e. The molecule has 0 bridgehead atoms. The minimum atomic E-state index is -0.490. The van der Waals surface area contributed by atoms with Crippen molar-refractivity contribution >= 4 is 27.9 Å². The molecule has 0 saturated heterocycles. The number of hydrogen-bond acceptors (Lipinski definition) is 7. The number of hydrogen-bond donors (Lipinski definition) is 1. The summed E-state index contributed by atoms with van der Waals surface area (Å²) in [4.78, 5) is 12.1. The topological polar surface area (TPSA) is 80.0 Å². The molecule has 0 aliphatic rings. The third-order valence-electron chi connectivity index (χ3n) is 3.23. The van der Waals surface area contributed by atoms with Crippen molar-refractivity contribution in [2.24, 2.45) is 0 Å². The number of anilines is 1. The van der Waals surface area contributed by atoms with Gasteiger partial charge in [-0.25, -0.2) is 4.79 Å². The van der Waals surface area contributed by atoms with Gasteiger partial charge in [0, 0.05) is 10.9 Å². The van der Waals surface area contributed by atoms with Gasteiger partial charge in [0.2, 0.25) is 5.76 Å². The van der Waals surface area contributed by atoms with Crippen molar-refractivity contribution in [2.75, 3.05) is 33.7 Å². The lowest BCUT2D eigenvalue weighted by molar-refractivity contribution is 0.0528. The van der Waals surface area contributed by atoms with Crippen LogP contribution < -0.4 is 5.73 Å². The Morgan fingerprint density at radius 3 is 2.44 bits per heavy atom. The van der Waals surface area contributed by atoms with Crippen LogP contribution in [0.15, 0.2) is 48.0 Å². The fraction of sp³-hybridized carbons (Fsp3) is 0.278. The van der Waals surface area contributed by atoms with Gasteiger partial charge in [-0.2, -0.15) is 0 Å². The van der Waals surface area contributed by atoms with Crippen LogP contribution >= 0.6 is 11.3 Å². The van der Waals surface area contributed by atoms with Crippen molar-refractivity contribution in [3.8, 4) is 0 Å². The Kier molecular flexibility index (Phi) is 7.81. The van der Waals surface area contributed by atoms with E-state index in [1.807, 2.05) is 0 Å². The van der Waals surface area contributed by atoms with E-state index >= 15 is 0 Å². The third kappa shape index (κ3) is 4.67. The summed E-state index contributed by atoms with van der Waals surface area (Å²) in [6, 6.07) is 0. The van der Waals surface area contributed by atoms with Crippen molar-refractivity contribution in [1.29, 1.82) is 0 Å². The molecule has 0 spiro atoms. The Morgan fingerprint density at radius 2 is 1.96 bits per heavy atom. The molecule has 1 aromatic heterocycles. The molecule has 0 aliphatic heterocycles. The molecule has 0 saturated carbocycles. The first-order chi connectivity index (χ1) is 11.9. The second kappa shape index (κ2) is 9.58. The number of allylic oxidation sites excluding steroid dienone is 3. The summed E-state index contributed by atoms with van der Waals surface area (Å²) in [6.07, 6.45) is 3.13. The van der Waals surface area contributed by atoms with Gasteiger partial charge in [0.25, 0.3) is 0 Å². The number of ether oxygens (including phenoxy) is 4. The van der Waals surface area contributed by atoms with Crippen LogP contribution in [0.3, 0.4) is 0 Å². The molecule has 0 aliphatic carbocycles. The summed E-state index contributed by atoms with van der Waals surface area (Å²) in [7, 11) is 4.47. The number of nitrogens with two attached hydrogens (primary N) is 1.